The summed E-state index contributed by atoms with van der Waals surface area (Å²) >= 11 is 0. The van der Waals surface area contributed by atoms with Gasteiger partial charge in [-0.25, -0.2) is 8.78 Å². The van der Waals surface area contributed by atoms with Crippen molar-refractivity contribution in [3.63, 3.8) is 0 Å². The molecular formula is C20H21F5N4O. The van der Waals surface area contributed by atoms with Crippen LogP contribution in [0.1, 0.15) is 37.3 Å². The van der Waals surface area contributed by atoms with Crippen LogP contribution in [0.2, 0.25) is 0 Å². The molecule has 5 nitrogen and oxygen atoms in total. The highest BCUT2D eigenvalue weighted by Gasteiger charge is 2.57. The molecule has 1 amide bonds. The summed E-state index contributed by atoms with van der Waals surface area (Å²) in [5.74, 6) is -4.28. The number of rotatable bonds is 4. The molecule has 1 saturated carbocycles. The van der Waals surface area contributed by atoms with Gasteiger partial charge in [0.25, 0.3) is 5.92 Å². The number of alkyl halides is 5. The van der Waals surface area contributed by atoms with Crippen LogP contribution in [0.4, 0.5) is 22.0 Å². The van der Waals surface area contributed by atoms with E-state index in [-0.39, 0.29) is 36.3 Å². The largest absolute Gasteiger partial charge is 0.418 e. The van der Waals surface area contributed by atoms with Gasteiger partial charge in [-0.2, -0.15) is 13.2 Å². The predicted octanol–water partition coefficient (Wildman–Crippen LogP) is 3.63. The second-order valence-electron chi connectivity index (χ2n) is 8.35. The molecule has 10 heteroatoms. The van der Waals surface area contributed by atoms with E-state index in [1.54, 1.807) is 0 Å². The molecule has 0 radical (unpaired) electrons. The fraction of sp³-hybridized carbons (Fsp3) is 0.550. The number of benzene rings is 1. The van der Waals surface area contributed by atoms with Crippen molar-refractivity contribution in [1.29, 1.82) is 0 Å². The number of carbonyl (C=O) groups is 1. The Morgan fingerprint density at radius 3 is 2.47 bits per heavy atom. The molecule has 2 aliphatic rings. The Labute approximate surface area is 169 Å². The minimum atomic E-state index is -4.61. The van der Waals surface area contributed by atoms with Crippen LogP contribution in [0.25, 0.3) is 11.0 Å². The number of nitrogens with one attached hydrogen (secondary N) is 2. The molecule has 1 aliphatic heterocycles. The molecule has 1 unspecified atom stereocenters. The number of carbonyl (C=O) groups excluding carboxylic acids is 1. The normalized spacial score (nSPS) is 28.3. The van der Waals surface area contributed by atoms with Crippen LogP contribution in [0.15, 0.2) is 24.5 Å². The fourth-order valence-electron chi connectivity index (χ4n) is 4.34. The standard InChI is InChI=1S/C20H21F5N4O/c1-11-7-18(10-26-9-11,29-15(30)6-12-8-19(12,21)22)13-2-3-14(20(23,24)25)17-16(13)27-4-5-28-17/h2-5,11-12,26H,6-10H2,1H3,(H,29,30)/t11-,12?,18-/m0/s1. The van der Waals surface area contributed by atoms with Gasteiger partial charge in [0.1, 0.15) is 5.52 Å². The number of halogens is 5. The molecule has 2 heterocycles. The van der Waals surface area contributed by atoms with Crippen LogP contribution < -0.4 is 10.6 Å². The van der Waals surface area contributed by atoms with E-state index in [2.05, 4.69) is 20.6 Å². The van der Waals surface area contributed by atoms with Gasteiger partial charge in [0.2, 0.25) is 5.91 Å². The third kappa shape index (κ3) is 3.84. The van der Waals surface area contributed by atoms with Gasteiger partial charge in [0.15, 0.2) is 0 Å². The van der Waals surface area contributed by atoms with E-state index in [0.29, 0.717) is 18.5 Å². The van der Waals surface area contributed by atoms with Crippen LogP contribution in [0.5, 0.6) is 0 Å². The van der Waals surface area contributed by atoms with Crippen LogP contribution >= 0.6 is 0 Å². The molecule has 162 valence electrons. The Bertz CT molecular complexity index is 979. The summed E-state index contributed by atoms with van der Waals surface area (Å²) in [5.41, 5.74) is -1.85. The molecule has 2 aromatic rings. The van der Waals surface area contributed by atoms with Crippen molar-refractivity contribution in [2.24, 2.45) is 11.8 Å². The second kappa shape index (κ2) is 7.11. The highest BCUT2D eigenvalue weighted by Crippen LogP contribution is 2.50. The van der Waals surface area contributed by atoms with E-state index in [0.717, 1.165) is 6.07 Å². The van der Waals surface area contributed by atoms with E-state index >= 15 is 0 Å². The lowest BCUT2D eigenvalue weighted by Crippen LogP contribution is -2.57. The van der Waals surface area contributed by atoms with E-state index in [9.17, 15) is 26.7 Å². The second-order valence-corrected chi connectivity index (χ2v) is 8.35. The van der Waals surface area contributed by atoms with Crippen molar-refractivity contribution in [2.75, 3.05) is 13.1 Å². The molecule has 2 N–H and O–H groups in total. The first-order valence-corrected chi connectivity index (χ1v) is 9.73. The van der Waals surface area contributed by atoms with Gasteiger partial charge in [0.05, 0.1) is 16.6 Å². The third-order valence-electron chi connectivity index (χ3n) is 5.83. The number of piperidine rings is 1. The van der Waals surface area contributed by atoms with E-state index in [1.165, 1.54) is 18.5 Å². The topological polar surface area (TPSA) is 66.9 Å². The lowest BCUT2D eigenvalue weighted by atomic mass is 9.77. The van der Waals surface area contributed by atoms with Crippen molar-refractivity contribution in [1.82, 2.24) is 20.6 Å². The van der Waals surface area contributed by atoms with Crippen LogP contribution in [0, 0.1) is 11.8 Å². The maximum Gasteiger partial charge on any atom is 0.418 e. The number of hydrogen-bond acceptors (Lipinski definition) is 4. The Morgan fingerprint density at radius 2 is 1.87 bits per heavy atom. The minimum absolute atomic E-state index is 0.0419. The van der Waals surface area contributed by atoms with Gasteiger partial charge < -0.3 is 10.6 Å². The number of nitrogens with zero attached hydrogens (tertiary/aromatic N) is 2. The van der Waals surface area contributed by atoms with Crippen molar-refractivity contribution in [3.8, 4) is 0 Å². The highest BCUT2D eigenvalue weighted by atomic mass is 19.4. The zero-order valence-corrected chi connectivity index (χ0v) is 16.2. The van der Waals surface area contributed by atoms with Crippen LogP contribution in [-0.2, 0) is 16.5 Å². The lowest BCUT2D eigenvalue weighted by molar-refractivity contribution is -0.136. The maximum absolute atomic E-state index is 13.5. The van der Waals surface area contributed by atoms with Gasteiger partial charge in [-0.05, 0) is 24.9 Å². The lowest BCUT2D eigenvalue weighted by Gasteiger charge is -2.42. The van der Waals surface area contributed by atoms with Crippen molar-refractivity contribution in [2.45, 2.75) is 43.8 Å². The van der Waals surface area contributed by atoms with Crippen molar-refractivity contribution >= 4 is 16.9 Å². The first-order valence-electron chi connectivity index (χ1n) is 9.73. The van der Waals surface area contributed by atoms with Crippen LogP contribution in [-0.4, -0.2) is 34.9 Å². The Kier molecular flexibility index (Phi) is 4.95. The number of aromatic nitrogens is 2. The average molecular weight is 428 g/mol. The third-order valence-corrected chi connectivity index (χ3v) is 5.83. The average Bonchev–Trinajstić information content (AvgIpc) is 3.25. The SMILES string of the molecule is C[C@@H]1CNC[C@](NC(=O)CC2CC2(F)F)(c2ccc(C(F)(F)F)c3nccnc23)C1. The summed E-state index contributed by atoms with van der Waals surface area (Å²) in [6.45, 7) is 2.86. The molecule has 1 saturated heterocycles. The predicted molar refractivity (Wildman–Crippen MR) is 98.7 cm³/mol. The Hall–Kier alpha value is -2.36. The summed E-state index contributed by atoms with van der Waals surface area (Å²) in [7, 11) is 0. The Morgan fingerprint density at radius 1 is 1.20 bits per heavy atom. The smallest absolute Gasteiger partial charge is 0.345 e. The molecular weight excluding hydrogens is 407 g/mol. The van der Waals surface area contributed by atoms with Gasteiger partial charge in [-0.1, -0.05) is 13.0 Å². The molecule has 2 fully saturated rings. The molecule has 4 rings (SSSR count). The quantitative estimate of drug-likeness (QED) is 0.730. The van der Waals surface area contributed by atoms with Gasteiger partial charge >= 0.3 is 6.18 Å². The highest BCUT2D eigenvalue weighted by molar-refractivity contribution is 5.84. The first-order chi connectivity index (χ1) is 14.0. The summed E-state index contributed by atoms with van der Waals surface area (Å²) < 4.78 is 66.9. The molecule has 1 aromatic carbocycles. The molecule has 0 spiro atoms. The van der Waals surface area contributed by atoms with E-state index < -0.39 is 35.0 Å². The summed E-state index contributed by atoms with van der Waals surface area (Å²) in [6, 6.07) is 2.25. The van der Waals surface area contributed by atoms with E-state index in [1.807, 2.05) is 6.92 Å². The van der Waals surface area contributed by atoms with Crippen molar-refractivity contribution < 1.29 is 26.7 Å². The monoisotopic (exact) mass is 428 g/mol. The van der Waals surface area contributed by atoms with E-state index in [4.69, 9.17) is 0 Å². The fourth-order valence-corrected chi connectivity index (χ4v) is 4.34. The zero-order valence-electron chi connectivity index (χ0n) is 16.2. The van der Waals surface area contributed by atoms with Gasteiger partial charge in [-0.15, -0.1) is 0 Å². The van der Waals surface area contributed by atoms with Crippen LogP contribution in [0.3, 0.4) is 0 Å². The molecule has 1 aromatic heterocycles. The zero-order chi connectivity index (χ0) is 21.7. The Balaban J connectivity index is 1.76. The number of fused-ring (bicyclic) bond motifs is 1. The molecule has 3 atom stereocenters. The minimum Gasteiger partial charge on any atom is -0.345 e. The molecule has 0 bridgehead atoms. The van der Waals surface area contributed by atoms with Crippen molar-refractivity contribution in [3.05, 3.63) is 35.7 Å². The number of hydrogen-bond donors (Lipinski definition) is 2. The molecule has 30 heavy (non-hydrogen) atoms. The first kappa shape index (κ1) is 20.9. The number of amides is 1. The summed E-state index contributed by atoms with van der Waals surface area (Å²) in [4.78, 5) is 20.6. The van der Waals surface area contributed by atoms with Gasteiger partial charge in [0, 0.05) is 43.3 Å². The summed E-state index contributed by atoms with van der Waals surface area (Å²) in [5, 5.41) is 6.05. The summed E-state index contributed by atoms with van der Waals surface area (Å²) in [6.07, 6.45) is -2.34. The molecule has 1 aliphatic carbocycles. The maximum atomic E-state index is 13.5. The van der Waals surface area contributed by atoms with Gasteiger partial charge in [-0.3, -0.25) is 14.8 Å².